The van der Waals surface area contributed by atoms with E-state index >= 15 is 0 Å². The van der Waals surface area contributed by atoms with Crippen molar-refractivity contribution in [3.8, 4) is 0 Å². The molecule has 136 valence electrons. The quantitative estimate of drug-likeness (QED) is 0.694. The molecule has 1 aromatic carbocycles. The maximum atomic E-state index is 12.1. The number of benzene rings is 1. The summed E-state index contributed by atoms with van der Waals surface area (Å²) in [5, 5.41) is 12.1. The van der Waals surface area contributed by atoms with Crippen LogP contribution in [0.25, 0.3) is 0 Å². The summed E-state index contributed by atoms with van der Waals surface area (Å²) in [6, 6.07) is 8.04. The molecule has 0 aliphatic rings. The fourth-order valence-electron chi connectivity index (χ4n) is 2.25. The summed E-state index contributed by atoms with van der Waals surface area (Å²) < 4.78 is 26.5. The fourth-order valence-corrected chi connectivity index (χ4v) is 4.33. The highest BCUT2D eigenvalue weighted by molar-refractivity contribution is 7.89. The molecule has 1 heterocycles. The summed E-state index contributed by atoms with van der Waals surface area (Å²) in [5.74, 6) is 0.0452. The number of hydrogen-bond donors (Lipinski definition) is 2. The highest BCUT2D eigenvalue weighted by Gasteiger charge is 2.16. The Labute approximate surface area is 151 Å². The Hall–Kier alpha value is -1.84. The van der Waals surface area contributed by atoms with E-state index in [-0.39, 0.29) is 23.8 Å². The lowest BCUT2D eigenvalue weighted by atomic mass is 10.1. The van der Waals surface area contributed by atoms with Crippen LogP contribution in [-0.2, 0) is 14.8 Å². The number of carbonyl (C=O) groups is 1. The number of nitrogens with zero attached hydrogens (tertiary/aromatic N) is 2. The van der Waals surface area contributed by atoms with Crippen molar-refractivity contribution in [1.82, 2.24) is 14.9 Å². The van der Waals surface area contributed by atoms with E-state index in [9.17, 15) is 13.2 Å². The molecule has 1 amide bonds. The number of aromatic nitrogens is 2. The molecule has 0 bridgehead atoms. The van der Waals surface area contributed by atoms with E-state index in [1.165, 1.54) is 23.5 Å². The van der Waals surface area contributed by atoms with Gasteiger partial charge in [-0.3, -0.25) is 4.79 Å². The third-order valence-corrected chi connectivity index (χ3v) is 6.20. The van der Waals surface area contributed by atoms with Crippen molar-refractivity contribution in [2.45, 2.75) is 43.9 Å². The van der Waals surface area contributed by atoms with Gasteiger partial charge in [-0.25, -0.2) is 13.1 Å². The molecule has 0 aliphatic carbocycles. The van der Waals surface area contributed by atoms with Crippen LogP contribution < -0.4 is 10.0 Å². The highest BCUT2D eigenvalue weighted by atomic mass is 32.2. The van der Waals surface area contributed by atoms with E-state index in [0.717, 1.165) is 17.8 Å². The van der Waals surface area contributed by atoms with Gasteiger partial charge < -0.3 is 5.32 Å². The zero-order valence-electron chi connectivity index (χ0n) is 14.2. The lowest BCUT2D eigenvalue weighted by Crippen LogP contribution is -2.27. The zero-order valence-corrected chi connectivity index (χ0v) is 15.9. The van der Waals surface area contributed by atoms with Crippen LogP contribution in [0.3, 0.4) is 0 Å². The molecule has 7 nitrogen and oxygen atoms in total. The molecular formula is C16H22N4O3S2. The van der Waals surface area contributed by atoms with Gasteiger partial charge in [-0.2, -0.15) is 0 Å². The van der Waals surface area contributed by atoms with Gasteiger partial charge in [-0.1, -0.05) is 43.4 Å². The molecule has 9 heteroatoms. The molecule has 25 heavy (non-hydrogen) atoms. The summed E-state index contributed by atoms with van der Waals surface area (Å²) in [7, 11) is -3.60. The van der Waals surface area contributed by atoms with Crippen molar-refractivity contribution in [2.75, 3.05) is 11.9 Å². The normalized spacial score (nSPS) is 11.6. The van der Waals surface area contributed by atoms with Gasteiger partial charge in [0.2, 0.25) is 21.1 Å². The predicted molar refractivity (Wildman–Crippen MR) is 98.1 cm³/mol. The first-order valence-corrected chi connectivity index (χ1v) is 10.4. The summed E-state index contributed by atoms with van der Waals surface area (Å²) in [5.41, 5.74) is 0. The Morgan fingerprint density at radius 1 is 1.16 bits per heavy atom. The Balaban J connectivity index is 1.83. The topological polar surface area (TPSA) is 101 Å². The molecule has 0 unspecified atom stereocenters. The molecular weight excluding hydrogens is 360 g/mol. The maximum absolute atomic E-state index is 12.1. The summed E-state index contributed by atoms with van der Waals surface area (Å²) in [4.78, 5) is 12.1. The minimum atomic E-state index is -3.60. The lowest BCUT2D eigenvalue weighted by molar-refractivity contribution is -0.116. The van der Waals surface area contributed by atoms with Crippen LogP contribution in [0, 0.1) is 0 Å². The van der Waals surface area contributed by atoms with Crippen LogP contribution in [-0.4, -0.2) is 31.1 Å². The van der Waals surface area contributed by atoms with E-state index < -0.39 is 10.0 Å². The lowest BCUT2D eigenvalue weighted by Gasteiger charge is -2.06. The molecule has 1 aromatic heterocycles. The molecule has 2 aromatic rings. The minimum Gasteiger partial charge on any atom is -0.300 e. The van der Waals surface area contributed by atoms with Gasteiger partial charge in [-0.15, -0.1) is 10.2 Å². The van der Waals surface area contributed by atoms with E-state index in [1.807, 2.05) is 0 Å². The van der Waals surface area contributed by atoms with Gasteiger partial charge in [0.1, 0.15) is 5.01 Å². The average molecular weight is 383 g/mol. The monoisotopic (exact) mass is 382 g/mol. The number of amides is 1. The van der Waals surface area contributed by atoms with Crippen molar-refractivity contribution in [1.29, 1.82) is 0 Å². The van der Waals surface area contributed by atoms with Crippen LogP contribution >= 0.6 is 11.3 Å². The van der Waals surface area contributed by atoms with Crippen molar-refractivity contribution in [3.05, 3.63) is 35.3 Å². The van der Waals surface area contributed by atoms with Gasteiger partial charge in [0.15, 0.2) is 0 Å². The molecule has 0 saturated heterocycles. The summed E-state index contributed by atoms with van der Waals surface area (Å²) >= 11 is 1.36. The van der Waals surface area contributed by atoms with E-state index in [4.69, 9.17) is 0 Å². The number of rotatable bonds is 9. The number of nitrogens with one attached hydrogen (secondary N) is 2. The maximum Gasteiger partial charge on any atom is 0.240 e. The Kier molecular flexibility index (Phi) is 7.03. The van der Waals surface area contributed by atoms with Crippen molar-refractivity contribution >= 4 is 32.4 Å². The smallest absolute Gasteiger partial charge is 0.240 e. The molecule has 0 fully saturated rings. The average Bonchev–Trinajstić information content (AvgIpc) is 3.05. The second-order valence-corrected chi connectivity index (χ2v) is 8.24. The number of anilines is 1. The molecule has 2 rings (SSSR count). The van der Waals surface area contributed by atoms with E-state index in [2.05, 4.69) is 34.1 Å². The summed E-state index contributed by atoms with van der Waals surface area (Å²) in [6.45, 7) is 4.20. The zero-order chi connectivity index (χ0) is 18.3. The first kappa shape index (κ1) is 19.5. The van der Waals surface area contributed by atoms with Crippen LogP contribution in [0.2, 0.25) is 0 Å². The van der Waals surface area contributed by atoms with Gasteiger partial charge >= 0.3 is 0 Å². The van der Waals surface area contributed by atoms with Gasteiger partial charge in [-0.05, 0) is 25.0 Å². The minimum absolute atomic E-state index is 0.0151. The number of sulfonamides is 1. The second-order valence-electron chi connectivity index (χ2n) is 5.47. The molecule has 0 saturated carbocycles. The molecule has 0 radical (unpaired) electrons. The van der Waals surface area contributed by atoms with Gasteiger partial charge in [0.05, 0.1) is 4.90 Å². The standard InChI is InChI=1S/C16H22N4O3S2/c1-3-12(4-2)15-19-20-16(24-15)18-14(21)10-11-17-25(22,23)13-8-6-5-7-9-13/h5-9,12,17H,3-4,10-11H2,1-2H3,(H,18,20,21). The summed E-state index contributed by atoms with van der Waals surface area (Å²) in [6.07, 6.45) is 1.96. The predicted octanol–water partition coefficient (Wildman–Crippen LogP) is 2.75. The van der Waals surface area contributed by atoms with Crippen molar-refractivity contribution < 1.29 is 13.2 Å². The molecule has 0 spiro atoms. The third kappa shape index (κ3) is 5.58. The largest absolute Gasteiger partial charge is 0.300 e. The molecule has 0 atom stereocenters. The number of hydrogen-bond acceptors (Lipinski definition) is 6. The van der Waals surface area contributed by atoms with Gasteiger partial charge in [0.25, 0.3) is 0 Å². The Morgan fingerprint density at radius 3 is 2.48 bits per heavy atom. The Bertz CT molecular complexity index is 787. The first-order valence-electron chi connectivity index (χ1n) is 8.14. The van der Waals surface area contributed by atoms with Gasteiger partial charge in [0, 0.05) is 18.9 Å². The van der Waals surface area contributed by atoms with Crippen LogP contribution in [0.15, 0.2) is 35.2 Å². The molecule has 2 N–H and O–H groups in total. The van der Waals surface area contributed by atoms with Crippen molar-refractivity contribution in [3.63, 3.8) is 0 Å². The Morgan fingerprint density at radius 2 is 1.84 bits per heavy atom. The van der Waals surface area contributed by atoms with Crippen LogP contribution in [0.5, 0.6) is 0 Å². The number of carbonyl (C=O) groups excluding carboxylic acids is 1. The van der Waals surface area contributed by atoms with Crippen LogP contribution in [0.4, 0.5) is 5.13 Å². The van der Waals surface area contributed by atoms with Crippen LogP contribution in [0.1, 0.15) is 44.0 Å². The highest BCUT2D eigenvalue weighted by Crippen LogP contribution is 2.27. The third-order valence-electron chi connectivity index (χ3n) is 3.72. The SMILES string of the molecule is CCC(CC)c1nnc(NC(=O)CCNS(=O)(=O)c2ccccc2)s1. The van der Waals surface area contributed by atoms with E-state index in [1.54, 1.807) is 18.2 Å². The fraction of sp³-hybridized carbons (Fsp3) is 0.438. The molecule has 0 aliphatic heterocycles. The van der Waals surface area contributed by atoms with Crippen molar-refractivity contribution in [2.24, 2.45) is 0 Å². The van der Waals surface area contributed by atoms with E-state index in [0.29, 0.717) is 11.0 Å². The second kappa shape index (κ2) is 9.02. The first-order chi connectivity index (χ1) is 12.0.